The van der Waals surface area contributed by atoms with Crippen LogP contribution in [0.5, 0.6) is 5.75 Å². The predicted octanol–water partition coefficient (Wildman–Crippen LogP) is 1.42. The summed E-state index contributed by atoms with van der Waals surface area (Å²) in [6.45, 7) is 0.470. The third-order valence-electron chi connectivity index (χ3n) is 2.76. The molecule has 2 rings (SSSR count). The lowest BCUT2D eigenvalue weighted by molar-refractivity contribution is 0.0951. The molecule has 0 fully saturated rings. The number of hydrogen-bond donors (Lipinski definition) is 1. The van der Waals surface area contributed by atoms with Gasteiger partial charge < -0.3 is 10.1 Å². The Bertz CT molecular complexity index is 567. The maximum absolute atomic E-state index is 11.9. The van der Waals surface area contributed by atoms with Crippen LogP contribution in [0, 0.1) is 0 Å². The highest BCUT2D eigenvalue weighted by Gasteiger charge is 2.04. The quantitative estimate of drug-likeness (QED) is 0.834. The van der Waals surface area contributed by atoms with Gasteiger partial charge in [-0.3, -0.25) is 4.79 Å². The standard InChI is InChI=1S/C15H14BNO2/c1-19-14-7-5-11(6-8-14)10-17-15(18)12-3-2-4-13(16)9-12/h2-9H,10H2,1H3,(H,17,18). The van der Waals surface area contributed by atoms with Crippen molar-refractivity contribution < 1.29 is 9.53 Å². The van der Waals surface area contributed by atoms with E-state index in [9.17, 15) is 4.79 Å². The van der Waals surface area contributed by atoms with Crippen LogP contribution in [0.15, 0.2) is 48.5 Å². The molecule has 0 bridgehead atoms. The average Bonchev–Trinajstić information content (AvgIpc) is 2.45. The van der Waals surface area contributed by atoms with Crippen molar-refractivity contribution in [2.75, 3.05) is 7.11 Å². The minimum atomic E-state index is -0.136. The number of hydrogen-bond acceptors (Lipinski definition) is 2. The summed E-state index contributed by atoms with van der Waals surface area (Å²) in [5, 5.41) is 2.84. The van der Waals surface area contributed by atoms with Gasteiger partial charge >= 0.3 is 0 Å². The van der Waals surface area contributed by atoms with Crippen LogP contribution >= 0.6 is 0 Å². The first kappa shape index (κ1) is 13.2. The molecule has 3 nitrogen and oxygen atoms in total. The lowest BCUT2D eigenvalue weighted by atomic mass is 9.94. The van der Waals surface area contributed by atoms with Gasteiger partial charge in [-0.05, 0) is 23.8 Å². The van der Waals surface area contributed by atoms with E-state index >= 15 is 0 Å². The van der Waals surface area contributed by atoms with Gasteiger partial charge in [0.15, 0.2) is 0 Å². The Morgan fingerprint density at radius 3 is 2.58 bits per heavy atom. The number of ether oxygens (including phenoxy) is 1. The largest absolute Gasteiger partial charge is 0.497 e. The van der Waals surface area contributed by atoms with Crippen LogP contribution in [-0.4, -0.2) is 20.9 Å². The monoisotopic (exact) mass is 251 g/mol. The SMILES string of the molecule is [B]c1cccc(C(=O)NCc2ccc(OC)cc2)c1. The van der Waals surface area contributed by atoms with Gasteiger partial charge in [0.2, 0.25) is 0 Å². The Hall–Kier alpha value is -2.23. The van der Waals surface area contributed by atoms with Gasteiger partial charge in [0.05, 0.1) is 7.11 Å². The second kappa shape index (κ2) is 6.09. The van der Waals surface area contributed by atoms with Crippen LogP contribution in [0.1, 0.15) is 15.9 Å². The molecule has 0 aliphatic carbocycles. The van der Waals surface area contributed by atoms with E-state index in [1.165, 1.54) is 0 Å². The van der Waals surface area contributed by atoms with Gasteiger partial charge in [-0.25, -0.2) is 0 Å². The lowest BCUT2D eigenvalue weighted by Crippen LogP contribution is -2.23. The van der Waals surface area contributed by atoms with Crippen molar-refractivity contribution in [3.63, 3.8) is 0 Å². The first-order chi connectivity index (χ1) is 9.19. The zero-order chi connectivity index (χ0) is 13.7. The minimum absolute atomic E-state index is 0.136. The molecule has 2 aromatic rings. The Kier molecular flexibility index (Phi) is 4.24. The fourth-order valence-electron chi connectivity index (χ4n) is 1.71. The van der Waals surface area contributed by atoms with Crippen LogP contribution in [0.2, 0.25) is 0 Å². The minimum Gasteiger partial charge on any atom is -0.497 e. The maximum Gasteiger partial charge on any atom is 0.251 e. The van der Waals surface area contributed by atoms with Crippen molar-refractivity contribution in [3.05, 3.63) is 59.7 Å². The van der Waals surface area contributed by atoms with Crippen molar-refractivity contribution in [1.82, 2.24) is 5.32 Å². The topological polar surface area (TPSA) is 38.3 Å². The second-order valence-corrected chi connectivity index (χ2v) is 4.16. The summed E-state index contributed by atoms with van der Waals surface area (Å²) in [4.78, 5) is 11.9. The van der Waals surface area contributed by atoms with Crippen molar-refractivity contribution in [3.8, 4) is 5.75 Å². The zero-order valence-corrected chi connectivity index (χ0v) is 10.7. The van der Waals surface area contributed by atoms with Crippen molar-refractivity contribution in [2.45, 2.75) is 6.54 Å². The summed E-state index contributed by atoms with van der Waals surface area (Å²) < 4.78 is 5.08. The summed E-state index contributed by atoms with van der Waals surface area (Å²) in [6, 6.07) is 14.5. The van der Waals surface area contributed by atoms with Gasteiger partial charge in [-0.2, -0.15) is 0 Å². The highest BCUT2D eigenvalue weighted by atomic mass is 16.5. The van der Waals surface area contributed by atoms with Crippen LogP contribution in [0.4, 0.5) is 0 Å². The molecule has 0 aliphatic heterocycles. The molecule has 1 N–H and O–H groups in total. The molecule has 94 valence electrons. The smallest absolute Gasteiger partial charge is 0.251 e. The van der Waals surface area contributed by atoms with E-state index < -0.39 is 0 Å². The highest BCUT2D eigenvalue weighted by molar-refractivity contribution is 6.32. The van der Waals surface area contributed by atoms with E-state index in [0.29, 0.717) is 17.6 Å². The van der Waals surface area contributed by atoms with E-state index in [-0.39, 0.29) is 5.91 Å². The Morgan fingerprint density at radius 2 is 1.95 bits per heavy atom. The van der Waals surface area contributed by atoms with Crippen LogP contribution in [0.3, 0.4) is 0 Å². The number of amides is 1. The first-order valence-corrected chi connectivity index (χ1v) is 5.96. The summed E-state index contributed by atoms with van der Waals surface area (Å²) in [5.74, 6) is 0.661. The number of carbonyl (C=O) groups is 1. The highest BCUT2D eigenvalue weighted by Crippen LogP contribution is 2.11. The van der Waals surface area contributed by atoms with E-state index in [0.717, 1.165) is 11.3 Å². The Morgan fingerprint density at radius 1 is 1.21 bits per heavy atom. The van der Waals surface area contributed by atoms with E-state index in [1.807, 2.05) is 24.3 Å². The van der Waals surface area contributed by atoms with Gasteiger partial charge in [0, 0.05) is 12.1 Å². The molecule has 0 saturated heterocycles. The third kappa shape index (κ3) is 3.62. The molecule has 0 spiro atoms. The number of rotatable bonds is 4. The average molecular weight is 251 g/mol. The number of methoxy groups -OCH3 is 1. The molecule has 0 atom stereocenters. The Labute approximate surface area is 114 Å². The number of carbonyl (C=O) groups excluding carboxylic acids is 1. The van der Waals surface area contributed by atoms with Crippen molar-refractivity contribution >= 4 is 19.2 Å². The van der Waals surface area contributed by atoms with Crippen molar-refractivity contribution in [1.29, 1.82) is 0 Å². The van der Waals surface area contributed by atoms with Crippen LogP contribution < -0.4 is 15.5 Å². The molecule has 1 amide bonds. The third-order valence-corrected chi connectivity index (χ3v) is 2.76. The van der Waals surface area contributed by atoms with Crippen molar-refractivity contribution in [2.24, 2.45) is 0 Å². The normalized spacial score (nSPS) is 9.95. The molecule has 19 heavy (non-hydrogen) atoms. The molecule has 2 aromatic carbocycles. The van der Waals surface area contributed by atoms with Crippen LogP contribution in [-0.2, 0) is 6.54 Å². The molecule has 0 aliphatic rings. The van der Waals surface area contributed by atoms with Crippen LogP contribution in [0.25, 0.3) is 0 Å². The number of benzene rings is 2. The second-order valence-electron chi connectivity index (χ2n) is 4.16. The summed E-state index contributed by atoms with van der Waals surface area (Å²) >= 11 is 0. The summed E-state index contributed by atoms with van der Waals surface area (Å²) in [7, 11) is 7.26. The molecule has 2 radical (unpaired) electrons. The molecule has 4 heteroatoms. The maximum atomic E-state index is 11.9. The lowest BCUT2D eigenvalue weighted by Gasteiger charge is -2.07. The molecule has 0 saturated carbocycles. The fraction of sp³-hybridized carbons (Fsp3) is 0.133. The first-order valence-electron chi connectivity index (χ1n) is 5.96. The van der Waals surface area contributed by atoms with E-state index in [4.69, 9.17) is 12.6 Å². The van der Waals surface area contributed by atoms with Gasteiger partial charge in [-0.15, -0.1) is 0 Å². The predicted molar refractivity (Wildman–Crippen MR) is 76.0 cm³/mol. The van der Waals surface area contributed by atoms with Gasteiger partial charge in [-0.1, -0.05) is 35.8 Å². The molecular weight excluding hydrogens is 237 g/mol. The molecular formula is C15H14BNO2. The summed E-state index contributed by atoms with van der Waals surface area (Å²) in [6.07, 6.45) is 0. The van der Waals surface area contributed by atoms with Gasteiger partial charge in [0.25, 0.3) is 5.91 Å². The zero-order valence-electron chi connectivity index (χ0n) is 10.7. The van der Waals surface area contributed by atoms with E-state index in [1.54, 1.807) is 31.4 Å². The Balaban J connectivity index is 1.96. The number of nitrogens with one attached hydrogen (secondary N) is 1. The molecule has 0 heterocycles. The molecule has 0 aromatic heterocycles. The van der Waals surface area contributed by atoms with Gasteiger partial charge in [0.1, 0.15) is 13.6 Å². The van der Waals surface area contributed by atoms with E-state index in [2.05, 4.69) is 5.32 Å². The molecule has 0 unspecified atom stereocenters. The fourth-order valence-corrected chi connectivity index (χ4v) is 1.71. The summed E-state index contributed by atoms with van der Waals surface area (Å²) in [5.41, 5.74) is 2.16.